The SMILES string of the molecule is CCCC[C@H](NC(=O)c1cccc(CN2C(=O)CSC2=O)c1)C(=O)O. The molecule has 0 saturated carbocycles. The monoisotopic (exact) mass is 364 g/mol. The van der Waals surface area contributed by atoms with E-state index >= 15 is 0 Å². The highest BCUT2D eigenvalue weighted by Gasteiger charge is 2.30. The van der Waals surface area contributed by atoms with Crippen molar-refractivity contribution in [3.63, 3.8) is 0 Å². The van der Waals surface area contributed by atoms with Gasteiger partial charge in [0.15, 0.2) is 0 Å². The van der Waals surface area contributed by atoms with Gasteiger partial charge in [-0.15, -0.1) is 0 Å². The minimum Gasteiger partial charge on any atom is -0.480 e. The predicted molar refractivity (Wildman–Crippen MR) is 93.3 cm³/mol. The number of carboxylic acid groups (broad SMARTS) is 1. The fourth-order valence-corrected chi connectivity index (χ4v) is 3.16. The largest absolute Gasteiger partial charge is 0.480 e. The molecule has 0 bridgehead atoms. The lowest BCUT2D eigenvalue weighted by Crippen LogP contribution is -2.40. The molecule has 1 aliphatic rings. The van der Waals surface area contributed by atoms with Crippen LogP contribution in [-0.2, 0) is 16.1 Å². The zero-order valence-electron chi connectivity index (χ0n) is 13.9. The molecule has 1 aliphatic heterocycles. The summed E-state index contributed by atoms with van der Waals surface area (Å²) in [6.45, 7) is 2.05. The third-order valence-electron chi connectivity index (χ3n) is 3.82. The lowest BCUT2D eigenvalue weighted by atomic mass is 10.1. The Kier molecular flexibility index (Phi) is 6.58. The van der Waals surface area contributed by atoms with Crippen molar-refractivity contribution in [3.8, 4) is 0 Å². The van der Waals surface area contributed by atoms with Crippen molar-refractivity contribution in [3.05, 3.63) is 35.4 Å². The van der Waals surface area contributed by atoms with E-state index < -0.39 is 17.9 Å². The molecule has 2 N–H and O–H groups in total. The van der Waals surface area contributed by atoms with Crippen molar-refractivity contribution in [1.29, 1.82) is 0 Å². The van der Waals surface area contributed by atoms with E-state index in [1.165, 1.54) is 0 Å². The number of hydrogen-bond donors (Lipinski definition) is 2. The zero-order valence-corrected chi connectivity index (χ0v) is 14.7. The number of nitrogens with zero attached hydrogens (tertiary/aromatic N) is 1. The first-order valence-electron chi connectivity index (χ1n) is 8.02. The molecule has 1 heterocycles. The summed E-state index contributed by atoms with van der Waals surface area (Å²) in [5.74, 6) is -1.67. The molecule has 0 aromatic heterocycles. The fourth-order valence-electron chi connectivity index (χ4n) is 2.43. The molecule has 0 radical (unpaired) electrons. The van der Waals surface area contributed by atoms with E-state index in [9.17, 15) is 24.3 Å². The minimum atomic E-state index is -1.07. The van der Waals surface area contributed by atoms with Crippen LogP contribution in [-0.4, -0.2) is 44.8 Å². The molecule has 25 heavy (non-hydrogen) atoms. The molecule has 1 fully saturated rings. The van der Waals surface area contributed by atoms with Gasteiger partial charge in [-0.3, -0.25) is 19.3 Å². The Hall–Kier alpha value is -2.35. The average molecular weight is 364 g/mol. The minimum absolute atomic E-state index is 0.101. The molecular weight excluding hydrogens is 344 g/mol. The van der Waals surface area contributed by atoms with E-state index in [-0.39, 0.29) is 23.4 Å². The number of aliphatic carboxylic acids is 1. The summed E-state index contributed by atoms with van der Waals surface area (Å²) in [7, 11) is 0. The van der Waals surface area contributed by atoms with Gasteiger partial charge in [-0.25, -0.2) is 4.79 Å². The van der Waals surface area contributed by atoms with Gasteiger partial charge in [0.1, 0.15) is 6.04 Å². The number of carboxylic acids is 1. The van der Waals surface area contributed by atoms with Crippen LogP contribution in [0, 0.1) is 0 Å². The van der Waals surface area contributed by atoms with Crippen LogP contribution in [0.3, 0.4) is 0 Å². The second kappa shape index (κ2) is 8.66. The van der Waals surface area contributed by atoms with Crippen molar-refractivity contribution in [2.45, 2.75) is 38.8 Å². The highest BCUT2D eigenvalue weighted by molar-refractivity contribution is 8.14. The van der Waals surface area contributed by atoms with E-state index in [0.717, 1.165) is 23.1 Å². The molecule has 8 heteroatoms. The first kappa shape index (κ1) is 19.0. The Balaban J connectivity index is 2.06. The first-order valence-corrected chi connectivity index (χ1v) is 9.00. The third-order valence-corrected chi connectivity index (χ3v) is 4.68. The molecule has 3 amide bonds. The molecule has 1 aromatic carbocycles. The second-order valence-electron chi connectivity index (χ2n) is 5.74. The van der Waals surface area contributed by atoms with Crippen LogP contribution in [0.5, 0.6) is 0 Å². The second-order valence-corrected chi connectivity index (χ2v) is 6.67. The van der Waals surface area contributed by atoms with E-state index in [2.05, 4.69) is 5.32 Å². The molecule has 134 valence electrons. The molecule has 0 aliphatic carbocycles. The van der Waals surface area contributed by atoms with Crippen LogP contribution >= 0.6 is 11.8 Å². The van der Waals surface area contributed by atoms with Crippen LogP contribution in [0.1, 0.15) is 42.1 Å². The number of hydrogen-bond acceptors (Lipinski definition) is 5. The Morgan fingerprint density at radius 1 is 1.36 bits per heavy atom. The molecule has 0 unspecified atom stereocenters. The van der Waals surface area contributed by atoms with Crippen LogP contribution in [0.2, 0.25) is 0 Å². The maximum absolute atomic E-state index is 12.3. The molecule has 7 nitrogen and oxygen atoms in total. The van der Waals surface area contributed by atoms with Gasteiger partial charge in [-0.1, -0.05) is 43.7 Å². The number of benzene rings is 1. The number of unbranched alkanes of at least 4 members (excludes halogenated alkanes) is 1. The molecule has 2 rings (SSSR count). The van der Waals surface area contributed by atoms with Crippen molar-refractivity contribution in [1.82, 2.24) is 10.2 Å². The summed E-state index contributed by atoms with van der Waals surface area (Å²) in [5.41, 5.74) is 0.935. The van der Waals surface area contributed by atoms with Gasteiger partial charge < -0.3 is 10.4 Å². The number of amides is 3. The van der Waals surface area contributed by atoms with Crippen LogP contribution in [0.15, 0.2) is 24.3 Å². The van der Waals surface area contributed by atoms with Crippen LogP contribution < -0.4 is 5.32 Å². The molecule has 1 aromatic rings. The topological polar surface area (TPSA) is 104 Å². The Labute approximate surface area is 149 Å². The van der Waals surface area contributed by atoms with E-state index in [1.54, 1.807) is 24.3 Å². The predicted octanol–water partition coefficient (Wildman–Crippen LogP) is 2.26. The van der Waals surface area contributed by atoms with Crippen molar-refractivity contribution in [2.75, 3.05) is 5.75 Å². The van der Waals surface area contributed by atoms with Gasteiger partial charge in [-0.05, 0) is 24.1 Å². The summed E-state index contributed by atoms with van der Waals surface area (Å²) < 4.78 is 0. The third kappa shape index (κ3) is 5.06. The summed E-state index contributed by atoms with van der Waals surface area (Å²) in [4.78, 5) is 48.0. The van der Waals surface area contributed by atoms with E-state index in [0.29, 0.717) is 24.0 Å². The van der Waals surface area contributed by atoms with E-state index in [1.807, 2.05) is 6.92 Å². The smallest absolute Gasteiger partial charge is 0.326 e. The van der Waals surface area contributed by atoms with Gasteiger partial charge in [0.2, 0.25) is 5.91 Å². The van der Waals surface area contributed by atoms with Crippen LogP contribution in [0.25, 0.3) is 0 Å². The van der Waals surface area contributed by atoms with Crippen molar-refractivity contribution in [2.24, 2.45) is 0 Å². The summed E-state index contributed by atoms with van der Waals surface area (Å²) in [6, 6.07) is 5.56. The highest BCUT2D eigenvalue weighted by atomic mass is 32.2. The Bertz CT molecular complexity index is 675. The number of thioether (sulfide) groups is 1. The van der Waals surface area contributed by atoms with E-state index in [4.69, 9.17) is 0 Å². The Morgan fingerprint density at radius 2 is 2.12 bits per heavy atom. The number of imide groups is 1. The lowest BCUT2D eigenvalue weighted by molar-refractivity contribution is -0.139. The molecular formula is C17H20N2O5S. The lowest BCUT2D eigenvalue weighted by Gasteiger charge is -2.16. The van der Waals surface area contributed by atoms with Gasteiger partial charge in [0.25, 0.3) is 11.1 Å². The molecule has 1 atom stereocenters. The number of carbonyl (C=O) groups excluding carboxylic acids is 3. The maximum atomic E-state index is 12.3. The maximum Gasteiger partial charge on any atom is 0.326 e. The number of nitrogens with one attached hydrogen (secondary N) is 1. The van der Waals surface area contributed by atoms with Gasteiger partial charge >= 0.3 is 5.97 Å². The average Bonchev–Trinajstić information content (AvgIpc) is 2.90. The first-order chi connectivity index (χ1) is 11.9. The molecule has 1 saturated heterocycles. The van der Waals surface area contributed by atoms with Gasteiger partial charge in [0.05, 0.1) is 12.3 Å². The summed E-state index contributed by atoms with van der Waals surface area (Å²) in [5, 5.41) is 11.4. The normalized spacial score (nSPS) is 15.3. The Morgan fingerprint density at radius 3 is 2.72 bits per heavy atom. The standard InChI is InChI=1S/C17H20N2O5S/c1-2-3-7-13(16(22)23)18-15(21)12-6-4-5-11(8-12)9-19-14(20)10-25-17(19)24/h4-6,8,13H,2-3,7,9-10H2,1H3,(H,18,21)(H,22,23)/t13-/m0/s1. The molecule has 0 spiro atoms. The summed E-state index contributed by atoms with van der Waals surface area (Å²) in [6.07, 6.45) is 1.91. The fraction of sp³-hybridized carbons (Fsp3) is 0.412. The van der Waals surface area contributed by atoms with Gasteiger partial charge in [-0.2, -0.15) is 0 Å². The number of carbonyl (C=O) groups is 4. The zero-order chi connectivity index (χ0) is 18.4. The quantitative estimate of drug-likeness (QED) is 0.733. The highest BCUT2D eigenvalue weighted by Crippen LogP contribution is 2.21. The van der Waals surface area contributed by atoms with Crippen LogP contribution in [0.4, 0.5) is 4.79 Å². The van der Waals surface area contributed by atoms with Gasteiger partial charge in [0, 0.05) is 5.56 Å². The number of rotatable bonds is 8. The van der Waals surface area contributed by atoms with Crippen molar-refractivity contribution < 1.29 is 24.3 Å². The summed E-state index contributed by atoms with van der Waals surface area (Å²) >= 11 is 0.955. The van der Waals surface area contributed by atoms with Crippen molar-refractivity contribution >= 4 is 34.8 Å².